The summed E-state index contributed by atoms with van der Waals surface area (Å²) < 4.78 is 32.5. The van der Waals surface area contributed by atoms with Crippen LogP contribution in [0.15, 0.2) is 59.5 Å². The molecule has 144 valence electrons. The van der Waals surface area contributed by atoms with E-state index in [-0.39, 0.29) is 10.8 Å². The number of carbonyl (C=O) groups excluding carboxylic acids is 1. The van der Waals surface area contributed by atoms with E-state index in [9.17, 15) is 13.2 Å². The lowest BCUT2D eigenvalue weighted by Gasteiger charge is -2.23. The molecule has 0 saturated carbocycles. The number of rotatable bonds is 7. The molecule has 1 aliphatic rings. The van der Waals surface area contributed by atoms with Crippen LogP contribution in [-0.4, -0.2) is 44.4 Å². The summed E-state index contributed by atoms with van der Waals surface area (Å²) in [4.78, 5) is 12.7. The largest absolute Gasteiger partial charge is 0.492 e. The monoisotopic (exact) mass is 388 g/mol. The first kappa shape index (κ1) is 19.4. The molecule has 2 aromatic rings. The molecule has 0 spiro atoms. The minimum Gasteiger partial charge on any atom is -0.492 e. The van der Waals surface area contributed by atoms with Gasteiger partial charge in [-0.3, -0.25) is 4.79 Å². The van der Waals surface area contributed by atoms with Gasteiger partial charge in [0.15, 0.2) is 0 Å². The summed E-state index contributed by atoms with van der Waals surface area (Å²) in [7, 11) is -3.67. The number of sulfonamides is 1. The topological polar surface area (TPSA) is 75.7 Å². The Hall–Kier alpha value is -2.38. The van der Waals surface area contributed by atoms with Crippen LogP contribution in [0.25, 0.3) is 0 Å². The van der Waals surface area contributed by atoms with Gasteiger partial charge in [0, 0.05) is 6.54 Å². The fourth-order valence-electron chi connectivity index (χ4n) is 3.11. The molecule has 3 rings (SSSR count). The zero-order chi connectivity index (χ0) is 19.3. The minimum atomic E-state index is -3.67. The van der Waals surface area contributed by atoms with Gasteiger partial charge in [0.05, 0.1) is 11.4 Å². The lowest BCUT2D eigenvalue weighted by atomic mass is 10.2. The molecule has 1 unspecified atom stereocenters. The van der Waals surface area contributed by atoms with Gasteiger partial charge in [0.2, 0.25) is 15.9 Å². The molecule has 0 aliphatic carbocycles. The van der Waals surface area contributed by atoms with Crippen LogP contribution < -0.4 is 10.1 Å². The summed E-state index contributed by atoms with van der Waals surface area (Å²) in [6.45, 7) is 3.01. The van der Waals surface area contributed by atoms with Crippen molar-refractivity contribution in [2.45, 2.75) is 30.7 Å². The lowest BCUT2D eigenvalue weighted by molar-refractivity contribution is -0.124. The average Bonchev–Trinajstić information content (AvgIpc) is 3.18. The van der Waals surface area contributed by atoms with E-state index in [0.717, 1.165) is 11.3 Å². The molecule has 1 aliphatic heterocycles. The maximum Gasteiger partial charge on any atom is 0.243 e. The Morgan fingerprint density at radius 1 is 1.15 bits per heavy atom. The second kappa shape index (κ2) is 8.54. The van der Waals surface area contributed by atoms with Crippen LogP contribution in [0.2, 0.25) is 0 Å². The number of carbonyl (C=O) groups is 1. The number of ether oxygens (including phenoxy) is 1. The van der Waals surface area contributed by atoms with Crippen LogP contribution in [0.1, 0.15) is 18.4 Å². The predicted octanol–water partition coefficient (Wildman–Crippen LogP) is 2.34. The Morgan fingerprint density at radius 2 is 1.85 bits per heavy atom. The molecule has 0 radical (unpaired) electrons. The van der Waals surface area contributed by atoms with Gasteiger partial charge in [-0.2, -0.15) is 4.31 Å². The van der Waals surface area contributed by atoms with Crippen LogP contribution in [0.3, 0.4) is 0 Å². The van der Waals surface area contributed by atoms with Crippen LogP contribution in [0.4, 0.5) is 0 Å². The molecule has 7 heteroatoms. The second-order valence-electron chi connectivity index (χ2n) is 6.54. The molecular formula is C20H24N2O4S. The van der Waals surface area contributed by atoms with E-state index >= 15 is 0 Å². The number of nitrogens with one attached hydrogen (secondary N) is 1. The number of hydrogen-bond acceptors (Lipinski definition) is 4. The van der Waals surface area contributed by atoms with Crippen molar-refractivity contribution in [3.05, 3.63) is 60.2 Å². The van der Waals surface area contributed by atoms with Gasteiger partial charge in [-0.05, 0) is 44.0 Å². The van der Waals surface area contributed by atoms with Gasteiger partial charge in [-0.1, -0.05) is 35.9 Å². The van der Waals surface area contributed by atoms with Crippen LogP contribution in [0, 0.1) is 6.92 Å². The van der Waals surface area contributed by atoms with Crippen molar-refractivity contribution >= 4 is 15.9 Å². The zero-order valence-corrected chi connectivity index (χ0v) is 16.1. The highest BCUT2D eigenvalue weighted by Gasteiger charge is 2.39. The molecule has 1 saturated heterocycles. The first-order valence-corrected chi connectivity index (χ1v) is 10.5. The maximum atomic E-state index is 12.8. The SMILES string of the molecule is Cc1ccc(OCCNC(=O)C2CCCN2S(=O)(=O)c2ccccc2)cc1. The summed E-state index contributed by atoms with van der Waals surface area (Å²) in [5.74, 6) is 0.462. The molecule has 2 aromatic carbocycles. The van der Waals surface area contributed by atoms with Crippen molar-refractivity contribution in [3.63, 3.8) is 0 Å². The summed E-state index contributed by atoms with van der Waals surface area (Å²) in [5.41, 5.74) is 1.15. The number of nitrogens with zero attached hydrogens (tertiary/aromatic N) is 1. The van der Waals surface area contributed by atoms with Gasteiger partial charge in [0.25, 0.3) is 0 Å². The van der Waals surface area contributed by atoms with Gasteiger partial charge in [-0.25, -0.2) is 8.42 Å². The van der Waals surface area contributed by atoms with Crippen molar-refractivity contribution in [2.75, 3.05) is 19.7 Å². The third-order valence-corrected chi connectivity index (χ3v) is 6.47. The Balaban J connectivity index is 1.55. The van der Waals surface area contributed by atoms with Crippen molar-refractivity contribution in [1.29, 1.82) is 0 Å². The Morgan fingerprint density at radius 3 is 2.56 bits per heavy atom. The highest BCUT2D eigenvalue weighted by molar-refractivity contribution is 7.89. The molecule has 1 atom stereocenters. The number of amides is 1. The van der Waals surface area contributed by atoms with Crippen molar-refractivity contribution in [1.82, 2.24) is 9.62 Å². The second-order valence-corrected chi connectivity index (χ2v) is 8.43. The van der Waals surface area contributed by atoms with E-state index in [1.807, 2.05) is 31.2 Å². The Kier molecular flexibility index (Phi) is 6.13. The van der Waals surface area contributed by atoms with Gasteiger partial charge < -0.3 is 10.1 Å². The Labute approximate surface area is 160 Å². The highest BCUT2D eigenvalue weighted by Crippen LogP contribution is 2.26. The third kappa shape index (κ3) is 4.67. The quantitative estimate of drug-likeness (QED) is 0.739. The van der Waals surface area contributed by atoms with E-state index in [1.54, 1.807) is 30.3 Å². The van der Waals surface area contributed by atoms with Crippen molar-refractivity contribution < 1.29 is 17.9 Å². The summed E-state index contributed by atoms with van der Waals surface area (Å²) >= 11 is 0. The molecule has 1 heterocycles. The van der Waals surface area contributed by atoms with Crippen LogP contribution in [0.5, 0.6) is 5.75 Å². The van der Waals surface area contributed by atoms with E-state index in [4.69, 9.17) is 4.74 Å². The molecule has 27 heavy (non-hydrogen) atoms. The summed E-state index contributed by atoms with van der Waals surface area (Å²) in [6, 6.07) is 15.2. The fourth-order valence-corrected chi connectivity index (χ4v) is 4.79. The standard InChI is InChI=1S/C20H24N2O4S/c1-16-9-11-17(12-10-16)26-15-13-21-20(23)19-8-5-14-22(19)27(24,25)18-6-3-2-4-7-18/h2-4,6-7,9-12,19H,5,8,13-15H2,1H3,(H,21,23). The minimum absolute atomic E-state index is 0.215. The van der Waals surface area contributed by atoms with Crippen molar-refractivity contribution in [3.8, 4) is 5.75 Å². The maximum absolute atomic E-state index is 12.8. The Bertz CT molecular complexity index is 867. The zero-order valence-electron chi connectivity index (χ0n) is 15.3. The van der Waals surface area contributed by atoms with E-state index < -0.39 is 16.1 Å². The van der Waals surface area contributed by atoms with E-state index in [1.165, 1.54) is 4.31 Å². The van der Waals surface area contributed by atoms with Crippen LogP contribution in [-0.2, 0) is 14.8 Å². The highest BCUT2D eigenvalue weighted by atomic mass is 32.2. The molecular weight excluding hydrogens is 364 g/mol. The summed E-state index contributed by atoms with van der Waals surface area (Å²) in [6.07, 6.45) is 1.20. The molecule has 1 fully saturated rings. The average molecular weight is 388 g/mol. The van der Waals surface area contributed by atoms with Gasteiger partial charge >= 0.3 is 0 Å². The van der Waals surface area contributed by atoms with E-state index in [0.29, 0.717) is 32.5 Å². The smallest absolute Gasteiger partial charge is 0.243 e. The number of aryl methyl sites for hydroxylation is 1. The first-order chi connectivity index (χ1) is 13.0. The fraction of sp³-hybridized carbons (Fsp3) is 0.350. The molecule has 1 amide bonds. The predicted molar refractivity (Wildman–Crippen MR) is 103 cm³/mol. The molecule has 1 N–H and O–H groups in total. The van der Waals surface area contributed by atoms with Gasteiger partial charge in [0.1, 0.15) is 18.4 Å². The molecule has 0 bridgehead atoms. The van der Waals surface area contributed by atoms with E-state index in [2.05, 4.69) is 5.32 Å². The lowest BCUT2D eigenvalue weighted by Crippen LogP contribution is -2.46. The van der Waals surface area contributed by atoms with Gasteiger partial charge in [-0.15, -0.1) is 0 Å². The molecule has 6 nitrogen and oxygen atoms in total. The first-order valence-electron chi connectivity index (χ1n) is 9.02. The summed E-state index contributed by atoms with van der Waals surface area (Å²) in [5, 5.41) is 2.79. The third-order valence-electron chi connectivity index (χ3n) is 4.55. The van der Waals surface area contributed by atoms with Crippen molar-refractivity contribution in [2.24, 2.45) is 0 Å². The normalized spacial score (nSPS) is 17.6. The number of hydrogen-bond donors (Lipinski definition) is 1. The van der Waals surface area contributed by atoms with Crippen LogP contribution >= 0.6 is 0 Å². The number of benzene rings is 2. The molecule has 0 aromatic heterocycles.